The average molecular weight is 208 g/mol. The fraction of sp³-hybridized carbons (Fsp3) is 0.100. The largest absolute Gasteiger partial charge is 0.383 e. The van der Waals surface area contributed by atoms with Crippen LogP contribution in [0.5, 0.6) is 0 Å². The van der Waals surface area contributed by atoms with Gasteiger partial charge < -0.3 is 5.73 Å². The molecule has 0 amide bonds. The molecule has 2 N–H and O–H groups in total. The average Bonchev–Trinajstić information content (AvgIpc) is 2.50. The van der Waals surface area contributed by atoms with Crippen LogP contribution >= 0.6 is 11.6 Å². The van der Waals surface area contributed by atoms with Gasteiger partial charge in [0.2, 0.25) is 0 Å². The maximum absolute atomic E-state index is 5.84. The number of aryl methyl sites for hydroxylation is 1. The molecule has 1 aromatic heterocycles. The van der Waals surface area contributed by atoms with E-state index in [1.54, 1.807) is 10.9 Å². The second kappa shape index (κ2) is 3.35. The van der Waals surface area contributed by atoms with Gasteiger partial charge in [-0.05, 0) is 17.7 Å². The molecule has 0 aliphatic heterocycles. The second-order valence-corrected chi connectivity index (χ2v) is 3.51. The van der Waals surface area contributed by atoms with E-state index in [0.717, 1.165) is 16.1 Å². The molecule has 4 heteroatoms. The first-order valence-electron chi connectivity index (χ1n) is 4.22. The Morgan fingerprint density at radius 1 is 1.29 bits per heavy atom. The van der Waals surface area contributed by atoms with E-state index in [-0.39, 0.29) is 0 Å². The second-order valence-electron chi connectivity index (χ2n) is 3.07. The Hall–Kier alpha value is -1.48. The fourth-order valence-corrected chi connectivity index (χ4v) is 1.42. The lowest BCUT2D eigenvalue weighted by Crippen LogP contribution is -1.97. The molecule has 2 rings (SSSR count). The van der Waals surface area contributed by atoms with Gasteiger partial charge in [0.15, 0.2) is 0 Å². The number of rotatable bonds is 1. The molecule has 0 saturated carbocycles. The highest BCUT2D eigenvalue weighted by molar-refractivity contribution is 6.30. The molecule has 3 nitrogen and oxygen atoms in total. The monoisotopic (exact) mass is 207 g/mol. The van der Waals surface area contributed by atoms with E-state index in [1.165, 1.54) is 0 Å². The van der Waals surface area contributed by atoms with Crippen molar-refractivity contribution in [1.82, 2.24) is 9.78 Å². The predicted molar refractivity (Wildman–Crippen MR) is 58.1 cm³/mol. The third-order valence-electron chi connectivity index (χ3n) is 2.14. The standard InChI is InChI=1S/C10H10ClN3/c1-14-10(12)9(6-13-14)7-2-4-8(11)5-3-7/h2-6H,12H2,1H3. The molecular weight excluding hydrogens is 198 g/mol. The number of hydrogen-bond acceptors (Lipinski definition) is 2. The van der Waals surface area contributed by atoms with Gasteiger partial charge in [-0.25, -0.2) is 0 Å². The number of nitrogen functional groups attached to an aromatic ring is 1. The summed E-state index contributed by atoms with van der Waals surface area (Å²) in [5.74, 6) is 0.660. The summed E-state index contributed by atoms with van der Waals surface area (Å²) in [6.07, 6.45) is 1.75. The zero-order chi connectivity index (χ0) is 10.1. The molecule has 0 atom stereocenters. The Balaban J connectivity index is 2.49. The topological polar surface area (TPSA) is 43.8 Å². The van der Waals surface area contributed by atoms with Gasteiger partial charge in [0.05, 0.1) is 6.20 Å². The van der Waals surface area contributed by atoms with E-state index >= 15 is 0 Å². The highest BCUT2D eigenvalue weighted by Crippen LogP contribution is 2.25. The van der Waals surface area contributed by atoms with Gasteiger partial charge in [-0.3, -0.25) is 4.68 Å². The van der Waals surface area contributed by atoms with Gasteiger partial charge in [0, 0.05) is 17.6 Å². The number of nitrogens with two attached hydrogens (primary N) is 1. The van der Waals surface area contributed by atoms with Crippen LogP contribution in [-0.2, 0) is 7.05 Å². The number of hydrogen-bond donors (Lipinski definition) is 1. The minimum Gasteiger partial charge on any atom is -0.383 e. The van der Waals surface area contributed by atoms with Crippen molar-refractivity contribution in [1.29, 1.82) is 0 Å². The predicted octanol–water partition coefficient (Wildman–Crippen LogP) is 2.32. The molecule has 0 bridgehead atoms. The van der Waals surface area contributed by atoms with Crippen molar-refractivity contribution in [2.75, 3.05) is 5.73 Å². The van der Waals surface area contributed by atoms with Gasteiger partial charge in [-0.15, -0.1) is 0 Å². The minimum absolute atomic E-state index is 0.660. The van der Waals surface area contributed by atoms with E-state index in [4.69, 9.17) is 17.3 Å². The normalized spacial score (nSPS) is 10.4. The summed E-state index contributed by atoms with van der Waals surface area (Å²) in [6, 6.07) is 7.53. The molecule has 1 aromatic carbocycles. The third-order valence-corrected chi connectivity index (χ3v) is 2.39. The van der Waals surface area contributed by atoms with Gasteiger partial charge in [0.25, 0.3) is 0 Å². The number of nitrogens with zero attached hydrogens (tertiary/aromatic N) is 2. The zero-order valence-corrected chi connectivity index (χ0v) is 8.49. The van der Waals surface area contributed by atoms with Crippen LogP contribution < -0.4 is 5.73 Å². The van der Waals surface area contributed by atoms with Crippen LogP contribution in [-0.4, -0.2) is 9.78 Å². The van der Waals surface area contributed by atoms with E-state index < -0.39 is 0 Å². The van der Waals surface area contributed by atoms with E-state index in [2.05, 4.69) is 5.10 Å². The third kappa shape index (κ3) is 1.46. The fourth-order valence-electron chi connectivity index (χ4n) is 1.30. The summed E-state index contributed by atoms with van der Waals surface area (Å²) in [5.41, 5.74) is 7.80. The zero-order valence-electron chi connectivity index (χ0n) is 7.74. The summed E-state index contributed by atoms with van der Waals surface area (Å²) in [5, 5.41) is 4.79. The minimum atomic E-state index is 0.660. The first kappa shape index (κ1) is 9.09. The Kier molecular flexibility index (Phi) is 2.17. The van der Waals surface area contributed by atoms with Crippen molar-refractivity contribution < 1.29 is 0 Å². The molecule has 1 heterocycles. The molecule has 0 spiro atoms. The highest BCUT2D eigenvalue weighted by atomic mass is 35.5. The van der Waals surface area contributed by atoms with E-state index in [9.17, 15) is 0 Å². The van der Waals surface area contributed by atoms with Gasteiger partial charge in [-0.2, -0.15) is 5.10 Å². The Morgan fingerprint density at radius 2 is 1.93 bits per heavy atom. The quantitative estimate of drug-likeness (QED) is 0.780. The molecule has 0 saturated heterocycles. The Bertz CT molecular complexity index is 445. The maximum Gasteiger partial charge on any atom is 0.129 e. The van der Waals surface area contributed by atoms with E-state index in [1.807, 2.05) is 31.3 Å². The van der Waals surface area contributed by atoms with Crippen LogP contribution in [0.3, 0.4) is 0 Å². The van der Waals surface area contributed by atoms with Crippen LogP contribution in [0, 0.1) is 0 Å². The molecule has 2 aromatic rings. The van der Waals surface area contributed by atoms with E-state index in [0.29, 0.717) is 5.82 Å². The SMILES string of the molecule is Cn1ncc(-c2ccc(Cl)cc2)c1N. The van der Waals surface area contributed by atoms with Crippen molar-refractivity contribution in [3.05, 3.63) is 35.5 Å². The first-order chi connectivity index (χ1) is 6.68. The molecule has 0 aliphatic rings. The highest BCUT2D eigenvalue weighted by Gasteiger charge is 2.06. The summed E-state index contributed by atoms with van der Waals surface area (Å²) < 4.78 is 1.64. The smallest absolute Gasteiger partial charge is 0.129 e. The van der Waals surface area contributed by atoms with Gasteiger partial charge in [0.1, 0.15) is 5.82 Å². The Labute approximate surface area is 87.1 Å². The lowest BCUT2D eigenvalue weighted by molar-refractivity contribution is 0.779. The number of anilines is 1. The molecule has 72 valence electrons. The van der Waals surface area contributed by atoms with Crippen LogP contribution in [0.1, 0.15) is 0 Å². The van der Waals surface area contributed by atoms with Crippen molar-refractivity contribution >= 4 is 17.4 Å². The molecule has 14 heavy (non-hydrogen) atoms. The summed E-state index contributed by atoms with van der Waals surface area (Å²) in [7, 11) is 1.81. The first-order valence-corrected chi connectivity index (χ1v) is 4.59. The van der Waals surface area contributed by atoms with Crippen LogP contribution in [0.15, 0.2) is 30.5 Å². The summed E-state index contributed by atoms with van der Waals surface area (Å²) >= 11 is 5.79. The Morgan fingerprint density at radius 3 is 2.43 bits per heavy atom. The van der Waals surface area contributed by atoms with Gasteiger partial charge >= 0.3 is 0 Å². The van der Waals surface area contributed by atoms with Crippen molar-refractivity contribution in [2.45, 2.75) is 0 Å². The number of aromatic nitrogens is 2. The van der Waals surface area contributed by atoms with Crippen LogP contribution in [0.2, 0.25) is 5.02 Å². The van der Waals surface area contributed by atoms with Gasteiger partial charge in [-0.1, -0.05) is 23.7 Å². The summed E-state index contributed by atoms with van der Waals surface area (Å²) in [4.78, 5) is 0. The van der Waals surface area contributed by atoms with Crippen LogP contribution in [0.4, 0.5) is 5.82 Å². The molecular formula is C10H10ClN3. The molecule has 0 unspecified atom stereocenters. The summed E-state index contributed by atoms with van der Waals surface area (Å²) in [6.45, 7) is 0. The van der Waals surface area contributed by atoms with Crippen molar-refractivity contribution in [3.63, 3.8) is 0 Å². The van der Waals surface area contributed by atoms with Crippen LogP contribution in [0.25, 0.3) is 11.1 Å². The lowest BCUT2D eigenvalue weighted by Gasteiger charge is -2.00. The molecule has 0 aliphatic carbocycles. The lowest BCUT2D eigenvalue weighted by atomic mass is 10.1. The van der Waals surface area contributed by atoms with Crippen molar-refractivity contribution in [2.24, 2.45) is 7.05 Å². The molecule has 0 fully saturated rings. The number of benzene rings is 1. The molecule has 0 radical (unpaired) electrons. The number of halogens is 1. The maximum atomic E-state index is 5.84. The van der Waals surface area contributed by atoms with Crippen molar-refractivity contribution in [3.8, 4) is 11.1 Å².